The molecule has 1 aromatic heterocycles. The molecule has 1 fully saturated rings. The summed E-state index contributed by atoms with van der Waals surface area (Å²) >= 11 is 1.24. The van der Waals surface area contributed by atoms with Gasteiger partial charge < -0.3 is 15.4 Å². The van der Waals surface area contributed by atoms with Gasteiger partial charge in [0.15, 0.2) is 0 Å². The van der Waals surface area contributed by atoms with Crippen LogP contribution in [0.4, 0.5) is 9.93 Å². The maximum Gasteiger partial charge on any atom is 0.322 e. The number of aromatic nitrogens is 2. The van der Waals surface area contributed by atoms with E-state index < -0.39 is 23.9 Å². The summed E-state index contributed by atoms with van der Waals surface area (Å²) in [5, 5.41) is 16.0. The van der Waals surface area contributed by atoms with Crippen molar-refractivity contribution in [2.24, 2.45) is 0 Å². The Bertz CT molecular complexity index is 838. The Morgan fingerprint density at radius 2 is 2.19 bits per heavy atom. The lowest BCUT2D eigenvalue weighted by atomic mass is 10.2. The van der Waals surface area contributed by atoms with Crippen LogP contribution in [0.1, 0.15) is 17.0 Å². The van der Waals surface area contributed by atoms with Crippen molar-refractivity contribution in [1.82, 2.24) is 20.8 Å². The highest BCUT2D eigenvalue weighted by Crippen LogP contribution is 2.17. The molecule has 0 saturated carbocycles. The van der Waals surface area contributed by atoms with Crippen LogP contribution in [-0.4, -0.2) is 40.7 Å². The average molecular weight is 375 g/mol. The van der Waals surface area contributed by atoms with Crippen LogP contribution >= 0.6 is 11.3 Å². The zero-order valence-corrected chi connectivity index (χ0v) is 14.8. The van der Waals surface area contributed by atoms with E-state index >= 15 is 0 Å². The summed E-state index contributed by atoms with van der Waals surface area (Å²) in [7, 11) is 0. The number of benzene rings is 1. The molecule has 0 radical (unpaired) electrons. The van der Waals surface area contributed by atoms with Gasteiger partial charge in [-0.15, -0.1) is 10.2 Å². The summed E-state index contributed by atoms with van der Waals surface area (Å²) in [6, 6.07) is 6.29. The van der Waals surface area contributed by atoms with Gasteiger partial charge in [0.05, 0.1) is 13.0 Å². The minimum absolute atomic E-state index is 0.164. The summed E-state index contributed by atoms with van der Waals surface area (Å²) in [5.41, 5.74) is 1.12. The third-order valence-electron chi connectivity index (χ3n) is 3.54. The van der Waals surface area contributed by atoms with E-state index in [1.165, 1.54) is 11.3 Å². The van der Waals surface area contributed by atoms with Gasteiger partial charge in [0.2, 0.25) is 11.0 Å². The molecule has 2 heterocycles. The highest BCUT2D eigenvalue weighted by atomic mass is 32.1. The molecule has 1 saturated heterocycles. The number of rotatable bonds is 7. The quantitative estimate of drug-likeness (QED) is 0.621. The largest absolute Gasteiger partial charge is 0.493 e. The molecular weight excluding hydrogens is 358 g/mol. The number of aryl methyl sites for hydroxylation is 1. The minimum atomic E-state index is -0.863. The zero-order chi connectivity index (χ0) is 18.5. The van der Waals surface area contributed by atoms with Gasteiger partial charge in [-0.25, -0.2) is 4.79 Å². The molecule has 0 aliphatic carbocycles. The normalized spacial score (nSPS) is 16.1. The molecule has 1 atom stereocenters. The Labute approximate surface area is 153 Å². The maximum atomic E-state index is 11.9. The van der Waals surface area contributed by atoms with Gasteiger partial charge in [0.1, 0.15) is 16.8 Å². The van der Waals surface area contributed by atoms with E-state index in [4.69, 9.17) is 4.74 Å². The number of nitrogens with zero attached hydrogens (tertiary/aromatic N) is 2. The Morgan fingerprint density at radius 3 is 2.92 bits per heavy atom. The van der Waals surface area contributed by atoms with Crippen LogP contribution in [0.15, 0.2) is 24.3 Å². The van der Waals surface area contributed by atoms with Crippen LogP contribution < -0.4 is 20.7 Å². The van der Waals surface area contributed by atoms with E-state index in [9.17, 15) is 14.4 Å². The first-order valence-corrected chi connectivity index (χ1v) is 8.74. The van der Waals surface area contributed by atoms with Crippen molar-refractivity contribution < 1.29 is 19.1 Å². The molecular formula is C16H17N5O4S. The molecule has 10 heteroatoms. The summed E-state index contributed by atoms with van der Waals surface area (Å²) in [5.74, 6) is -0.151. The standard InChI is InChI=1S/C16H17N5O4S/c1-9-3-2-4-10(7-9)25-6-5-13-20-21-16(26-13)18-12(22)8-11-14(23)19-15(24)17-11/h2-4,7,11H,5-6,8H2,1H3,(H,18,21,22)(H2,17,19,23,24). The van der Waals surface area contributed by atoms with E-state index in [1.807, 2.05) is 31.2 Å². The van der Waals surface area contributed by atoms with Crippen LogP contribution in [0.2, 0.25) is 0 Å². The van der Waals surface area contributed by atoms with E-state index in [-0.39, 0.29) is 6.42 Å². The van der Waals surface area contributed by atoms with Gasteiger partial charge in [0.25, 0.3) is 5.91 Å². The first-order valence-electron chi connectivity index (χ1n) is 7.92. The lowest BCUT2D eigenvalue weighted by molar-refractivity contribution is -0.124. The number of imide groups is 1. The first kappa shape index (κ1) is 17.8. The Balaban J connectivity index is 1.44. The lowest BCUT2D eigenvalue weighted by Crippen LogP contribution is -2.33. The molecule has 4 amide bonds. The molecule has 9 nitrogen and oxygen atoms in total. The second kappa shape index (κ2) is 7.91. The van der Waals surface area contributed by atoms with E-state index in [2.05, 4.69) is 26.1 Å². The maximum absolute atomic E-state index is 11.9. The summed E-state index contributed by atoms with van der Waals surface area (Å²) < 4.78 is 5.66. The number of anilines is 1. The monoisotopic (exact) mass is 375 g/mol. The molecule has 1 aromatic carbocycles. The fourth-order valence-corrected chi connectivity index (χ4v) is 3.06. The second-order valence-corrected chi connectivity index (χ2v) is 6.75. The fourth-order valence-electron chi connectivity index (χ4n) is 2.32. The highest BCUT2D eigenvalue weighted by molar-refractivity contribution is 7.15. The molecule has 3 N–H and O–H groups in total. The smallest absolute Gasteiger partial charge is 0.322 e. The molecule has 2 aromatic rings. The van der Waals surface area contributed by atoms with Crippen LogP contribution in [-0.2, 0) is 16.0 Å². The van der Waals surface area contributed by atoms with Crippen molar-refractivity contribution in [3.05, 3.63) is 34.8 Å². The van der Waals surface area contributed by atoms with Crippen molar-refractivity contribution in [3.63, 3.8) is 0 Å². The van der Waals surface area contributed by atoms with Gasteiger partial charge in [-0.05, 0) is 24.6 Å². The van der Waals surface area contributed by atoms with Gasteiger partial charge in [-0.2, -0.15) is 0 Å². The van der Waals surface area contributed by atoms with Crippen molar-refractivity contribution >= 4 is 34.3 Å². The minimum Gasteiger partial charge on any atom is -0.493 e. The number of hydrogen-bond donors (Lipinski definition) is 3. The number of ether oxygens (including phenoxy) is 1. The van der Waals surface area contributed by atoms with Crippen molar-refractivity contribution in [2.45, 2.75) is 25.8 Å². The molecule has 1 unspecified atom stereocenters. The lowest BCUT2D eigenvalue weighted by Gasteiger charge is -2.05. The summed E-state index contributed by atoms with van der Waals surface area (Å²) in [4.78, 5) is 34.4. The van der Waals surface area contributed by atoms with Crippen molar-refractivity contribution in [2.75, 3.05) is 11.9 Å². The number of hydrogen-bond acceptors (Lipinski definition) is 7. The molecule has 136 valence electrons. The van der Waals surface area contributed by atoms with Crippen LogP contribution in [0.25, 0.3) is 0 Å². The van der Waals surface area contributed by atoms with Crippen LogP contribution in [0.3, 0.4) is 0 Å². The van der Waals surface area contributed by atoms with Gasteiger partial charge >= 0.3 is 6.03 Å². The highest BCUT2D eigenvalue weighted by Gasteiger charge is 2.31. The number of nitrogens with one attached hydrogen (secondary N) is 3. The van der Waals surface area contributed by atoms with E-state index in [1.54, 1.807) is 0 Å². The summed E-state index contributed by atoms with van der Waals surface area (Å²) in [6.07, 6.45) is 0.394. The van der Waals surface area contributed by atoms with Gasteiger partial charge in [0, 0.05) is 6.42 Å². The fraction of sp³-hybridized carbons (Fsp3) is 0.312. The van der Waals surface area contributed by atoms with Crippen molar-refractivity contribution in [1.29, 1.82) is 0 Å². The molecule has 26 heavy (non-hydrogen) atoms. The Morgan fingerprint density at radius 1 is 1.35 bits per heavy atom. The Hall–Kier alpha value is -3.01. The third-order valence-corrected chi connectivity index (χ3v) is 4.43. The van der Waals surface area contributed by atoms with Crippen LogP contribution in [0.5, 0.6) is 5.75 Å². The Kier molecular flexibility index (Phi) is 5.42. The average Bonchev–Trinajstić information content (AvgIpc) is 3.13. The van der Waals surface area contributed by atoms with Gasteiger partial charge in [-0.1, -0.05) is 23.5 Å². The number of urea groups is 1. The summed E-state index contributed by atoms with van der Waals surface area (Å²) in [6.45, 7) is 2.44. The third kappa shape index (κ3) is 4.76. The molecule has 3 rings (SSSR count). The number of amides is 4. The predicted octanol–water partition coefficient (Wildman–Crippen LogP) is 1.00. The zero-order valence-electron chi connectivity index (χ0n) is 13.9. The molecule has 1 aliphatic rings. The van der Waals surface area contributed by atoms with Crippen molar-refractivity contribution in [3.8, 4) is 5.75 Å². The first-order chi connectivity index (χ1) is 12.5. The molecule has 1 aliphatic heterocycles. The number of carbonyl (C=O) groups is 3. The predicted molar refractivity (Wildman–Crippen MR) is 94.0 cm³/mol. The SMILES string of the molecule is Cc1cccc(OCCc2nnc(NC(=O)CC3NC(=O)NC3=O)s2)c1. The molecule has 0 bridgehead atoms. The molecule has 0 spiro atoms. The van der Waals surface area contributed by atoms with E-state index in [0.717, 1.165) is 16.3 Å². The number of carbonyl (C=O) groups excluding carboxylic acids is 3. The van der Waals surface area contributed by atoms with Gasteiger partial charge in [-0.3, -0.25) is 14.9 Å². The second-order valence-electron chi connectivity index (χ2n) is 5.68. The van der Waals surface area contributed by atoms with Crippen LogP contribution in [0, 0.1) is 6.92 Å². The topological polar surface area (TPSA) is 122 Å². The van der Waals surface area contributed by atoms with E-state index in [0.29, 0.717) is 18.2 Å².